The normalized spacial score (nSPS) is 25.0. The van der Waals surface area contributed by atoms with Crippen LogP contribution in [0.25, 0.3) is 5.57 Å². The van der Waals surface area contributed by atoms with Gasteiger partial charge in [0.2, 0.25) is 0 Å². The fraction of sp³-hybridized carbons (Fsp3) is 0.389. The maximum Gasteiger partial charge on any atom is 0.267 e. The van der Waals surface area contributed by atoms with Crippen LogP contribution in [0, 0.1) is 0 Å². The minimum atomic E-state index is -0.125. The number of carbonyl (C=O) groups is 2. The number of nitrogens with zero attached hydrogens (tertiary/aromatic N) is 2. The molecule has 0 N–H and O–H groups in total. The van der Waals surface area contributed by atoms with E-state index in [1.165, 1.54) is 18.2 Å². The van der Waals surface area contributed by atoms with Crippen LogP contribution in [0.3, 0.4) is 0 Å². The molecule has 0 radical (unpaired) electrons. The van der Waals surface area contributed by atoms with E-state index in [2.05, 4.69) is 0 Å². The topological polar surface area (TPSA) is 40.6 Å². The second kappa shape index (κ2) is 6.01. The SMILES string of the molecule is CN1C(=O)/C(=C2\SC(=S)N(C3CCCCC3)C2=O)c2ccccc21. The van der Waals surface area contributed by atoms with Gasteiger partial charge in [-0.05, 0) is 18.9 Å². The Kier molecular flexibility index (Phi) is 3.96. The molecule has 0 unspecified atom stereocenters. The number of thioether (sulfide) groups is 1. The fourth-order valence-electron chi connectivity index (χ4n) is 3.77. The van der Waals surface area contributed by atoms with Gasteiger partial charge in [0.05, 0.1) is 16.2 Å². The van der Waals surface area contributed by atoms with E-state index in [0.717, 1.165) is 36.9 Å². The number of hydrogen-bond donors (Lipinski definition) is 0. The maximum absolute atomic E-state index is 13.1. The van der Waals surface area contributed by atoms with Crippen molar-refractivity contribution in [3.8, 4) is 0 Å². The van der Waals surface area contributed by atoms with Crippen molar-refractivity contribution in [2.75, 3.05) is 11.9 Å². The van der Waals surface area contributed by atoms with Crippen LogP contribution in [0.5, 0.6) is 0 Å². The number of carbonyl (C=O) groups excluding carboxylic acids is 2. The average Bonchev–Trinajstić information content (AvgIpc) is 3.03. The predicted octanol–water partition coefficient (Wildman–Crippen LogP) is 3.57. The van der Waals surface area contributed by atoms with Gasteiger partial charge in [-0.25, -0.2) is 0 Å². The molecule has 4 rings (SSSR count). The number of rotatable bonds is 1. The third kappa shape index (κ3) is 2.31. The second-order valence-electron chi connectivity index (χ2n) is 6.42. The Morgan fingerprint density at radius 3 is 2.54 bits per heavy atom. The summed E-state index contributed by atoms with van der Waals surface area (Å²) in [4.78, 5) is 29.6. The number of anilines is 1. The van der Waals surface area contributed by atoms with Gasteiger partial charge in [0, 0.05) is 18.7 Å². The van der Waals surface area contributed by atoms with Crippen LogP contribution in [-0.2, 0) is 9.59 Å². The molecule has 0 aromatic heterocycles. The van der Waals surface area contributed by atoms with E-state index in [1.54, 1.807) is 16.8 Å². The Balaban J connectivity index is 1.77. The van der Waals surface area contributed by atoms with Crippen LogP contribution in [0.2, 0.25) is 0 Å². The molecule has 1 aliphatic carbocycles. The van der Waals surface area contributed by atoms with Gasteiger partial charge in [-0.1, -0.05) is 61.4 Å². The number of benzene rings is 1. The smallest absolute Gasteiger partial charge is 0.267 e. The highest BCUT2D eigenvalue weighted by Gasteiger charge is 2.43. The van der Waals surface area contributed by atoms with Crippen molar-refractivity contribution < 1.29 is 9.59 Å². The largest absolute Gasteiger partial charge is 0.311 e. The summed E-state index contributed by atoms with van der Waals surface area (Å²) in [6.45, 7) is 0. The molecule has 2 aliphatic heterocycles. The number of para-hydroxylation sites is 1. The zero-order chi connectivity index (χ0) is 16.8. The summed E-state index contributed by atoms with van der Waals surface area (Å²) in [6, 6.07) is 7.79. The minimum Gasteiger partial charge on any atom is -0.311 e. The Labute approximate surface area is 150 Å². The number of amides is 2. The van der Waals surface area contributed by atoms with E-state index in [0.29, 0.717) is 14.8 Å². The van der Waals surface area contributed by atoms with Crippen LogP contribution >= 0.6 is 24.0 Å². The van der Waals surface area contributed by atoms with E-state index in [1.807, 2.05) is 24.3 Å². The van der Waals surface area contributed by atoms with Crippen molar-refractivity contribution in [3.63, 3.8) is 0 Å². The number of likely N-dealkylation sites (N-methyl/N-ethyl adjacent to an activating group) is 1. The molecule has 2 fully saturated rings. The summed E-state index contributed by atoms with van der Waals surface area (Å²) >= 11 is 6.77. The van der Waals surface area contributed by atoms with E-state index in [4.69, 9.17) is 12.2 Å². The van der Waals surface area contributed by atoms with Crippen LogP contribution in [0.4, 0.5) is 5.69 Å². The van der Waals surface area contributed by atoms with Gasteiger partial charge < -0.3 is 4.90 Å². The summed E-state index contributed by atoms with van der Waals surface area (Å²) in [5.74, 6) is -0.217. The molecule has 124 valence electrons. The van der Waals surface area contributed by atoms with E-state index >= 15 is 0 Å². The number of fused-ring (bicyclic) bond motifs is 1. The van der Waals surface area contributed by atoms with Gasteiger partial charge in [-0.3, -0.25) is 14.5 Å². The molecule has 1 saturated carbocycles. The van der Waals surface area contributed by atoms with E-state index < -0.39 is 0 Å². The number of thiocarbonyl (C=S) groups is 1. The maximum atomic E-state index is 13.1. The quantitative estimate of drug-likeness (QED) is 0.568. The highest BCUT2D eigenvalue weighted by Crippen LogP contribution is 2.45. The van der Waals surface area contributed by atoms with Gasteiger partial charge in [-0.15, -0.1) is 0 Å². The van der Waals surface area contributed by atoms with Crippen LogP contribution < -0.4 is 4.90 Å². The molecule has 0 spiro atoms. The first kappa shape index (κ1) is 15.8. The Hall–Kier alpha value is -1.66. The van der Waals surface area contributed by atoms with Crippen molar-refractivity contribution in [2.45, 2.75) is 38.1 Å². The first-order valence-electron chi connectivity index (χ1n) is 8.26. The summed E-state index contributed by atoms with van der Waals surface area (Å²) in [5, 5.41) is 0. The number of hydrogen-bond acceptors (Lipinski definition) is 4. The fourth-order valence-corrected chi connectivity index (χ4v) is 5.25. The molecule has 0 bridgehead atoms. The lowest BCUT2D eigenvalue weighted by atomic mass is 9.94. The molecule has 2 heterocycles. The molecule has 24 heavy (non-hydrogen) atoms. The van der Waals surface area contributed by atoms with Crippen molar-refractivity contribution in [2.24, 2.45) is 0 Å². The lowest BCUT2D eigenvalue weighted by molar-refractivity contribution is -0.124. The van der Waals surface area contributed by atoms with Crippen LogP contribution in [0.1, 0.15) is 37.7 Å². The minimum absolute atomic E-state index is 0.0923. The Morgan fingerprint density at radius 1 is 1.08 bits per heavy atom. The standard InChI is InChI=1S/C18H18N2O2S2/c1-19-13-10-6-5-9-12(13)14(16(19)21)15-17(22)20(18(23)24-15)11-7-3-2-4-8-11/h5-6,9-11H,2-4,7-8H2,1H3/b15-14-. The first-order valence-corrected chi connectivity index (χ1v) is 9.49. The molecule has 1 aromatic rings. The van der Waals surface area contributed by atoms with Crippen molar-refractivity contribution in [1.29, 1.82) is 0 Å². The van der Waals surface area contributed by atoms with Gasteiger partial charge in [0.1, 0.15) is 4.32 Å². The van der Waals surface area contributed by atoms with Gasteiger partial charge in [-0.2, -0.15) is 0 Å². The van der Waals surface area contributed by atoms with Gasteiger partial charge in [0.15, 0.2) is 0 Å². The molecule has 2 amide bonds. The molecular weight excluding hydrogens is 340 g/mol. The zero-order valence-electron chi connectivity index (χ0n) is 13.4. The summed E-state index contributed by atoms with van der Waals surface area (Å²) in [6.07, 6.45) is 5.50. The zero-order valence-corrected chi connectivity index (χ0v) is 15.1. The molecule has 1 saturated heterocycles. The summed E-state index contributed by atoms with van der Waals surface area (Å²) in [5.41, 5.74) is 2.18. The molecule has 3 aliphatic rings. The molecule has 1 aromatic carbocycles. The second-order valence-corrected chi connectivity index (χ2v) is 8.06. The monoisotopic (exact) mass is 358 g/mol. The predicted molar refractivity (Wildman–Crippen MR) is 101 cm³/mol. The first-order chi connectivity index (χ1) is 11.6. The van der Waals surface area contributed by atoms with E-state index in [-0.39, 0.29) is 17.9 Å². The Morgan fingerprint density at radius 2 is 1.79 bits per heavy atom. The van der Waals surface area contributed by atoms with Crippen LogP contribution in [-0.4, -0.2) is 34.1 Å². The third-order valence-corrected chi connectivity index (χ3v) is 6.42. The lowest BCUT2D eigenvalue weighted by Gasteiger charge is -2.29. The molecule has 4 nitrogen and oxygen atoms in total. The third-order valence-electron chi connectivity index (χ3n) is 5.02. The van der Waals surface area contributed by atoms with Crippen molar-refractivity contribution in [1.82, 2.24) is 4.90 Å². The highest BCUT2D eigenvalue weighted by molar-refractivity contribution is 8.26. The lowest BCUT2D eigenvalue weighted by Crippen LogP contribution is -2.39. The molecule has 6 heteroatoms. The van der Waals surface area contributed by atoms with E-state index in [9.17, 15) is 9.59 Å². The highest BCUT2D eigenvalue weighted by atomic mass is 32.2. The van der Waals surface area contributed by atoms with Crippen LogP contribution in [0.15, 0.2) is 29.2 Å². The summed E-state index contributed by atoms with van der Waals surface area (Å²) < 4.78 is 0.592. The molecular formula is C18H18N2O2S2. The average molecular weight is 358 g/mol. The van der Waals surface area contributed by atoms with Gasteiger partial charge in [0.25, 0.3) is 11.8 Å². The Bertz CT molecular complexity index is 781. The van der Waals surface area contributed by atoms with Crippen molar-refractivity contribution in [3.05, 3.63) is 34.7 Å². The molecule has 0 atom stereocenters. The van der Waals surface area contributed by atoms with Crippen molar-refractivity contribution >= 4 is 51.4 Å². The summed E-state index contributed by atoms with van der Waals surface area (Å²) in [7, 11) is 1.75. The van der Waals surface area contributed by atoms with Gasteiger partial charge >= 0.3 is 0 Å².